The molecule has 1 heterocycles. The Bertz CT molecular complexity index is 269. The molecule has 1 rings (SSSR count). The molecule has 1 aromatic heterocycles. The average Bonchev–Trinajstić information content (AvgIpc) is 1.85. The van der Waals surface area contributed by atoms with Gasteiger partial charge in [-0.05, 0) is 13.0 Å². The number of nitrogens with two attached hydrogens (primary N) is 1. The summed E-state index contributed by atoms with van der Waals surface area (Å²) in [5.41, 5.74) is 6.18. The number of anilines is 1. The molecule has 0 aliphatic carbocycles. The fraction of sp³-hybridized carbons (Fsp3) is 0.143. The van der Waals surface area contributed by atoms with Gasteiger partial charge in [0.2, 0.25) is 5.95 Å². The van der Waals surface area contributed by atoms with E-state index in [1.807, 2.05) is 13.0 Å². The first kappa shape index (κ1) is 7.53. The minimum Gasteiger partial charge on any atom is -0.386 e. The van der Waals surface area contributed by atoms with Crippen LogP contribution in [-0.4, -0.2) is 9.97 Å². The van der Waals surface area contributed by atoms with Gasteiger partial charge in [0.1, 0.15) is 0 Å². The van der Waals surface area contributed by atoms with Crippen molar-refractivity contribution in [3.63, 3.8) is 0 Å². The fourth-order valence-electron chi connectivity index (χ4n) is 0.653. The monoisotopic (exact) mass is 150 g/mol. The Kier molecular flexibility index (Phi) is 2.06. The summed E-state index contributed by atoms with van der Waals surface area (Å²) in [4.78, 5) is 7.97. The van der Waals surface area contributed by atoms with Crippen LogP contribution < -0.4 is 11.1 Å². The molecular weight excluding hydrogens is 140 g/mol. The van der Waals surface area contributed by atoms with Crippen molar-refractivity contribution in [1.29, 1.82) is 0 Å². The van der Waals surface area contributed by atoms with E-state index in [9.17, 15) is 0 Å². The van der Waals surface area contributed by atoms with Gasteiger partial charge >= 0.3 is 0 Å². The highest BCUT2D eigenvalue weighted by atomic mass is 15.1. The Morgan fingerprint density at radius 2 is 2.45 bits per heavy atom. The second-order valence-electron chi connectivity index (χ2n) is 2.17. The first-order valence-electron chi connectivity index (χ1n) is 3.19. The van der Waals surface area contributed by atoms with Crippen molar-refractivity contribution in [3.8, 4) is 0 Å². The van der Waals surface area contributed by atoms with Gasteiger partial charge in [-0.15, -0.1) is 0 Å². The molecule has 0 saturated heterocycles. The van der Waals surface area contributed by atoms with E-state index in [4.69, 9.17) is 5.73 Å². The molecule has 4 nitrogen and oxygen atoms in total. The molecule has 11 heavy (non-hydrogen) atoms. The lowest BCUT2D eigenvalue weighted by molar-refractivity contribution is 1.08. The van der Waals surface area contributed by atoms with Crippen LogP contribution in [0.15, 0.2) is 24.7 Å². The third kappa shape index (κ3) is 2.25. The van der Waals surface area contributed by atoms with Gasteiger partial charge in [0, 0.05) is 11.9 Å². The first-order chi connectivity index (χ1) is 5.18. The van der Waals surface area contributed by atoms with Gasteiger partial charge in [-0.3, -0.25) is 0 Å². The molecule has 3 N–H and O–H groups in total. The molecule has 0 aromatic carbocycles. The molecule has 0 radical (unpaired) electrons. The van der Waals surface area contributed by atoms with E-state index < -0.39 is 0 Å². The van der Waals surface area contributed by atoms with Crippen molar-refractivity contribution in [2.24, 2.45) is 5.73 Å². The molecule has 0 spiro atoms. The van der Waals surface area contributed by atoms with Crippen LogP contribution in [0.2, 0.25) is 0 Å². The Hall–Kier alpha value is -1.58. The lowest BCUT2D eigenvalue weighted by Crippen LogP contribution is -2.09. The van der Waals surface area contributed by atoms with Crippen molar-refractivity contribution in [3.05, 3.63) is 30.4 Å². The quantitative estimate of drug-likeness (QED) is 0.649. The molecular formula is C7H10N4. The zero-order chi connectivity index (χ0) is 8.27. The third-order valence-corrected chi connectivity index (χ3v) is 1.07. The summed E-state index contributed by atoms with van der Waals surface area (Å²) >= 11 is 0. The Morgan fingerprint density at radius 1 is 1.73 bits per heavy atom. The van der Waals surface area contributed by atoms with Crippen molar-refractivity contribution >= 4 is 5.95 Å². The normalized spacial score (nSPS) is 9.18. The van der Waals surface area contributed by atoms with Crippen LogP contribution in [0.3, 0.4) is 0 Å². The van der Waals surface area contributed by atoms with Crippen molar-refractivity contribution in [2.45, 2.75) is 6.92 Å². The molecule has 0 fully saturated rings. The largest absolute Gasteiger partial charge is 0.386 e. The molecule has 0 amide bonds. The van der Waals surface area contributed by atoms with E-state index in [0.29, 0.717) is 11.8 Å². The summed E-state index contributed by atoms with van der Waals surface area (Å²) in [6.45, 7) is 5.35. The van der Waals surface area contributed by atoms with E-state index >= 15 is 0 Å². The van der Waals surface area contributed by atoms with Gasteiger partial charge in [-0.1, -0.05) is 6.58 Å². The highest BCUT2D eigenvalue weighted by Gasteiger charge is 1.93. The van der Waals surface area contributed by atoms with Gasteiger partial charge < -0.3 is 11.1 Å². The topological polar surface area (TPSA) is 63.8 Å². The van der Waals surface area contributed by atoms with Crippen LogP contribution in [0.4, 0.5) is 5.95 Å². The van der Waals surface area contributed by atoms with E-state index in [1.54, 1.807) is 6.20 Å². The van der Waals surface area contributed by atoms with Crippen LogP contribution in [-0.2, 0) is 0 Å². The van der Waals surface area contributed by atoms with E-state index in [-0.39, 0.29) is 0 Å². The average molecular weight is 150 g/mol. The summed E-state index contributed by atoms with van der Waals surface area (Å²) in [6, 6.07) is 1.81. The number of rotatable bonds is 2. The molecule has 1 aromatic rings. The number of nitrogens with zero attached hydrogens (tertiary/aromatic N) is 2. The minimum absolute atomic E-state index is 0.343. The number of hydrogen-bond donors (Lipinski definition) is 2. The van der Waals surface area contributed by atoms with Crippen LogP contribution in [0.25, 0.3) is 0 Å². The highest BCUT2D eigenvalue weighted by Crippen LogP contribution is 1.98. The zero-order valence-electron chi connectivity index (χ0n) is 6.33. The molecule has 0 aliphatic heterocycles. The maximum Gasteiger partial charge on any atom is 0.228 e. The Labute approximate surface area is 65.2 Å². The van der Waals surface area contributed by atoms with Crippen molar-refractivity contribution in [2.75, 3.05) is 5.32 Å². The summed E-state index contributed by atoms with van der Waals surface area (Å²) in [5, 5.41) is 2.71. The zero-order valence-corrected chi connectivity index (χ0v) is 6.33. The lowest BCUT2D eigenvalue weighted by Gasteiger charge is -2.01. The third-order valence-electron chi connectivity index (χ3n) is 1.07. The molecule has 4 heteroatoms. The predicted octanol–water partition coefficient (Wildman–Crippen LogP) is 0.627. The molecule has 0 unspecified atom stereocenters. The predicted molar refractivity (Wildman–Crippen MR) is 43.7 cm³/mol. The highest BCUT2D eigenvalue weighted by molar-refractivity contribution is 5.31. The van der Waals surface area contributed by atoms with Gasteiger partial charge in [-0.2, -0.15) is 0 Å². The Morgan fingerprint density at radius 3 is 3.00 bits per heavy atom. The van der Waals surface area contributed by atoms with Crippen molar-refractivity contribution in [1.82, 2.24) is 9.97 Å². The summed E-state index contributed by atoms with van der Waals surface area (Å²) < 4.78 is 0. The van der Waals surface area contributed by atoms with Crippen molar-refractivity contribution < 1.29 is 0 Å². The van der Waals surface area contributed by atoms with Crippen LogP contribution in [0.1, 0.15) is 5.69 Å². The summed E-state index contributed by atoms with van der Waals surface area (Å²) in [6.07, 6.45) is 1.66. The number of aromatic nitrogens is 2. The van der Waals surface area contributed by atoms with Crippen LogP contribution >= 0.6 is 0 Å². The lowest BCUT2D eigenvalue weighted by atomic mass is 10.5. The van der Waals surface area contributed by atoms with E-state index in [0.717, 1.165) is 5.69 Å². The minimum atomic E-state index is 0.343. The standard InChI is InChI=1S/C7H10N4/c1-5-3-4-9-7(10-5)11-6(2)8/h3-4H,2,8H2,1H3,(H,9,10,11). The number of nitrogens with one attached hydrogen (secondary N) is 1. The Balaban J connectivity index is 2.79. The molecule has 0 saturated carbocycles. The van der Waals surface area contributed by atoms with Gasteiger partial charge in [-0.25, -0.2) is 9.97 Å². The number of hydrogen-bond acceptors (Lipinski definition) is 4. The molecule has 0 bridgehead atoms. The summed E-state index contributed by atoms with van der Waals surface area (Å²) in [5.74, 6) is 0.827. The van der Waals surface area contributed by atoms with Crippen LogP contribution in [0.5, 0.6) is 0 Å². The molecule has 0 aliphatic rings. The van der Waals surface area contributed by atoms with Gasteiger partial charge in [0.15, 0.2) is 0 Å². The van der Waals surface area contributed by atoms with Gasteiger partial charge in [0.05, 0.1) is 5.82 Å². The second-order valence-corrected chi connectivity index (χ2v) is 2.17. The fourth-order valence-corrected chi connectivity index (χ4v) is 0.653. The smallest absolute Gasteiger partial charge is 0.228 e. The number of aryl methyl sites for hydroxylation is 1. The van der Waals surface area contributed by atoms with E-state index in [1.165, 1.54) is 0 Å². The SMILES string of the molecule is C=C(N)Nc1nccc(C)n1. The maximum atomic E-state index is 5.29. The maximum absolute atomic E-state index is 5.29. The van der Waals surface area contributed by atoms with Gasteiger partial charge in [0.25, 0.3) is 0 Å². The second kappa shape index (κ2) is 3.01. The summed E-state index contributed by atoms with van der Waals surface area (Å²) in [7, 11) is 0. The van der Waals surface area contributed by atoms with E-state index in [2.05, 4.69) is 21.9 Å². The first-order valence-corrected chi connectivity index (χ1v) is 3.19. The molecule has 0 atom stereocenters. The van der Waals surface area contributed by atoms with Crippen LogP contribution in [0, 0.1) is 6.92 Å². The molecule has 58 valence electrons.